The summed E-state index contributed by atoms with van der Waals surface area (Å²) in [7, 11) is 3.68. The number of nitrogens with zero attached hydrogens (tertiary/aromatic N) is 3. The zero-order valence-corrected chi connectivity index (χ0v) is 38.2. The first-order chi connectivity index (χ1) is 27.9. The minimum atomic E-state index is -1.85. The lowest BCUT2D eigenvalue weighted by atomic mass is 9.73. The Morgan fingerprint density at radius 1 is 1.02 bits per heavy atom. The highest BCUT2D eigenvalue weighted by Crippen LogP contribution is 2.40. The van der Waals surface area contributed by atoms with Gasteiger partial charge < -0.3 is 48.4 Å². The summed E-state index contributed by atoms with van der Waals surface area (Å²) >= 11 is 0. The fourth-order valence-electron chi connectivity index (χ4n) is 9.01. The Labute approximate surface area is 356 Å². The highest BCUT2D eigenvalue weighted by molar-refractivity contribution is 6.00. The number of hydrogen-bond donors (Lipinski definition) is 2. The molecule has 3 heterocycles. The fourth-order valence-corrected chi connectivity index (χ4v) is 9.01. The summed E-state index contributed by atoms with van der Waals surface area (Å²) in [6.07, 6.45) is -6.76. The number of benzene rings is 1. The van der Waals surface area contributed by atoms with Crippen LogP contribution < -0.4 is 0 Å². The van der Waals surface area contributed by atoms with Crippen LogP contribution in [0.3, 0.4) is 0 Å². The van der Waals surface area contributed by atoms with E-state index in [0.717, 1.165) is 5.56 Å². The van der Waals surface area contributed by atoms with Crippen molar-refractivity contribution >= 4 is 29.1 Å². The molecule has 0 saturated carbocycles. The molecule has 15 heteroatoms. The van der Waals surface area contributed by atoms with E-state index in [2.05, 4.69) is 10.1 Å². The number of oxime groups is 1. The Balaban J connectivity index is 1.94. The van der Waals surface area contributed by atoms with E-state index in [4.69, 9.17) is 33.3 Å². The third kappa shape index (κ3) is 11.9. The summed E-state index contributed by atoms with van der Waals surface area (Å²) in [6, 6.07) is 8.92. The predicted octanol–water partition coefficient (Wildman–Crippen LogP) is 4.92. The van der Waals surface area contributed by atoms with Gasteiger partial charge in [-0.1, -0.05) is 63.2 Å². The topological polar surface area (TPSA) is 184 Å². The fraction of sp³-hybridized carbons (Fsp3) is 0.756. The number of fused-ring (bicyclic) bond motifs is 5. The number of cyclic esters (lactones) is 1. The molecule has 0 radical (unpaired) electrons. The van der Waals surface area contributed by atoms with Crippen molar-refractivity contribution in [3.8, 4) is 0 Å². The molecule has 0 aliphatic carbocycles. The van der Waals surface area contributed by atoms with Crippen LogP contribution in [0.1, 0.15) is 101 Å². The van der Waals surface area contributed by atoms with Gasteiger partial charge in [0.1, 0.15) is 42.1 Å². The molecular formula is C45H71N3O12. The Hall–Kier alpha value is -3.15. The second kappa shape index (κ2) is 20.4. The van der Waals surface area contributed by atoms with E-state index in [-0.39, 0.29) is 32.7 Å². The van der Waals surface area contributed by atoms with E-state index >= 15 is 0 Å². The number of carbonyl (C=O) groups is 3. The number of ketones is 1. The zero-order chi connectivity index (χ0) is 44.9. The van der Waals surface area contributed by atoms with E-state index < -0.39 is 107 Å². The Morgan fingerprint density at radius 2 is 1.67 bits per heavy atom. The number of esters is 1. The second-order valence-corrected chi connectivity index (χ2v) is 18.6. The summed E-state index contributed by atoms with van der Waals surface area (Å²) in [4.78, 5) is 53.6. The molecule has 0 spiro atoms. The van der Waals surface area contributed by atoms with Gasteiger partial charge in [0.05, 0.1) is 48.8 Å². The number of rotatable bonds is 8. The molecule has 1 aromatic rings. The number of amides is 1. The predicted molar refractivity (Wildman–Crippen MR) is 225 cm³/mol. The van der Waals surface area contributed by atoms with Crippen molar-refractivity contribution in [2.45, 2.75) is 168 Å². The van der Waals surface area contributed by atoms with Gasteiger partial charge in [-0.25, -0.2) is 4.99 Å². The SMILES string of the molecule is CC[C@H]1OC(=O)[C@H](C)C(=O)[C@H](C)[C@@H](O[C@@H]2O[C@H](C)[C@@H](OC(C)(C)C)[C@H](N(C)C)[C@H]2O)[C@@]2(C)C[C@@H](C)C(=NC(C)=O)[C@H](C)[C@@H](OC/C(=N\OCc3ccccc3)CO2)[C@]1(C)O. The highest BCUT2D eigenvalue weighted by Gasteiger charge is 2.54. The number of aliphatic hydroxyl groups excluding tert-OH is 1. The molecule has 2 N–H and O–H groups in total. The van der Waals surface area contributed by atoms with Gasteiger partial charge in [-0.3, -0.25) is 14.4 Å². The lowest BCUT2D eigenvalue weighted by molar-refractivity contribution is -0.324. The van der Waals surface area contributed by atoms with Gasteiger partial charge in [0.25, 0.3) is 0 Å². The molecule has 338 valence electrons. The molecule has 3 fully saturated rings. The summed E-state index contributed by atoms with van der Waals surface area (Å²) in [5, 5.41) is 29.0. The van der Waals surface area contributed by atoms with Gasteiger partial charge in [0.15, 0.2) is 12.1 Å². The number of aliphatic hydroxyl groups is 2. The summed E-state index contributed by atoms with van der Waals surface area (Å²) < 4.78 is 39.2. The normalized spacial score (nSPS) is 39.1. The van der Waals surface area contributed by atoms with Gasteiger partial charge in [0, 0.05) is 24.5 Å². The van der Waals surface area contributed by atoms with Gasteiger partial charge in [-0.15, -0.1) is 0 Å². The van der Waals surface area contributed by atoms with Crippen molar-refractivity contribution in [1.29, 1.82) is 0 Å². The molecule has 14 atom stereocenters. The van der Waals surface area contributed by atoms with Crippen molar-refractivity contribution in [2.24, 2.45) is 33.8 Å². The average molecular weight is 846 g/mol. The maximum atomic E-state index is 14.6. The van der Waals surface area contributed by atoms with Crippen LogP contribution >= 0.6 is 0 Å². The maximum Gasteiger partial charge on any atom is 0.316 e. The van der Waals surface area contributed by atoms with E-state index in [1.165, 1.54) is 20.8 Å². The van der Waals surface area contributed by atoms with Gasteiger partial charge >= 0.3 is 5.97 Å². The molecule has 3 aliphatic heterocycles. The Kier molecular flexibility index (Phi) is 16.8. The van der Waals surface area contributed by atoms with E-state index in [1.807, 2.05) is 90.9 Å². The van der Waals surface area contributed by atoms with Crippen molar-refractivity contribution in [1.82, 2.24) is 4.90 Å². The van der Waals surface area contributed by atoms with Crippen LogP contribution in [0.2, 0.25) is 0 Å². The van der Waals surface area contributed by atoms with Crippen LogP contribution in [0.5, 0.6) is 0 Å². The Bertz CT molecular complexity index is 1680. The minimum Gasteiger partial charge on any atom is -0.459 e. The molecule has 60 heavy (non-hydrogen) atoms. The van der Waals surface area contributed by atoms with Crippen LogP contribution in [-0.2, 0) is 54.2 Å². The molecule has 15 nitrogen and oxygen atoms in total. The van der Waals surface area contributed by atoms with Crippen LogP contribution in [0.15, 0.2) is 40.5 Å². The van der Waals surface area contributed by atoms with Crippen molar-refractivity contribution in [3.05, 3.63) is 35.9 Å². The lowest BCUT2D eigenvalue weighted by Crippen LogP contribution is -2.65. The third-order valence-corrected chi connectivity index (χ3v) is 12.0. The molecule has 3 saturated heterocycles. The molecular weight excluding hydrogens is 775 g/mol. The largest absolute Gasteiger partial charge is 0.459 e. The number of aliphatic imine (C=N–C) groups is 1. The number of likely N-dealkylation sites (N-methyl/N-ethyl adjacent to an activating group) is 1. The second-order valence-electron chi connectivity index (χ2n) is 18.6. The van der Waals surface area contributed by atoms with Crippen molar-refractivity contribution in [2.75, 3.05) is 27.3 Å². The number of Topliss-reactive ketones (excluding diaryl/α,β-unsaturated/α-hetero) is 1. The molecule has 0 unspecified atom stereocenters. The van der Waals surface area contributed by atoms with Gasteiger partial charge in [-0.05, 0) is 86.9 Å². The summed E-state index contributed by atoms with van der Waals surface area (Å²) in [5.41, 5.74) is -2.22. The lowest BCUT2D eigenvalue weighted by Gasteiger charge is -2.50. The molecule has 0 aromatic heterocycles. The zero-order valence-electron chi connectivity index (χ0n) is 38.2. The van der Waals surface area contributed by atoms with E-state index in [9.17, 15) is 24.6 Å². The van der Waals surface area contributed by atoms with Crippen LogP contribution in [0.4, 0.5) is 0 Å². The monoisotopic (exact) mass is 846 g/mol. The standard InChI is InChI=1S/C45H71N3O12/c1-15-33-45(12,53)40-26(3)34(46-30(7)49)25(2)21-44(11,55-24-32(23-54-40)47-56-22-31-19-17-16-18-20-31)39(27(4)36(50)28(5)41(52)58-33)59-42-37(51)35(48(13)14)38(29(6)57-42)60-43(8,9)10/h16-20,25-29,33,35,37-40,42,51,53H,15,21-24H2,1-14H3/b46-34?,47-32+/t25-,26+,27+,28-,29-,33-,35-,37-,38-,39-,40-,42+,44-,45-/m1/s1. The van der Waals surface area contributed by atoms with E-state index in [1.54, 1.807) is 20.8 Å². The highest BCUT2D eigenvalue weighted by atomic mass is 16.7. The van der Waals surface area contributed by atoms with Crippen LogP contribution in [0.25, 0.3) is 0 Å². The minimum absolute atomic E-state index is 0.125. The molecule has 1 amide bonds. The maximum absolute atomic E-state index is 14.6. The number of ether oxygens (including phenoxy) is 6. The molecule has 2 bridgehead atoms. The summed E-state index contributed by atoms with van der Waals surface area (Å²) in [6.45, 7) is 20.7. The van der Waals surface area contributed by atoms with Gasteiger partial charge in [0.2, 0.25) is 5.91 Å². The molecule has 3 aliphatic rings. The van der Waals surface area contributed by atoms with Gasteiger partial charge in [-0.2, -0.15) is 0 Å². The van der Waals surface area contributed by atoms with Crippen molar-refractivity contribution < 1.29 is 57.9 Å². The quantitative estimate of drug-likeness (QED) is 0.205. The van der Waals surface area contributed by atoms with E-state index in [0.29, 0.717) is 11.4 Å². The first-order valence-corrected chi connectivity index (χ1v) is 21.3. The first-order valence-electron chi connectivity index (χ1n) is 21.3. The number of carbonyl (C=O) groups excluding carboxylic acids is 3. The first kappa shape index (κ1) is 49.5. The van der Waals surface area contributed by atoms with Crippen molar-refractivity contribution in [3.63, 3.8) is 0 Å². The smallest absolute Gasteiger partial charge is 0.316 e. The van der Waals surface area contributed by atoms with Crippen LogP contribution in [0, 0.1) is 23.7 Å². The Morgan fingerprint density at radius 3 is 2.25 bits per heavy atom. The molecule has 4 rings (SSSR count). The molecule has 1 aromatic carbocycles. The summed E-state index contributed by atoms with van der Waals surface area (Å²) in [5.74, 6) is -5.40. The average Bonchev–Trinajstić information content (AvgIpc) is 3.17. The number of hydrogen-bond acceptors (Lipinski definition) is 14. The van der Waals surface area contributed by atoms with Crippen LogP contribution in [-0.4, -0.2) is 137 Å². The third-order valence-electron chi connectivity index (χ3n) is 12.0.